The molecule has 1 atom stereocenters. The number of hydrogen-bond acceptors (Lipinski definition) is 4. The minimum absolute atomic E-state index is 0.146. The van der Waals surface area contributed by atoms with E-state index in [4.69, 9.17) is 15.2 Å². The highest BCUT2D eigenvalue weighted by molar-refractivity contribution is 5.79. The van der Waals surface area contributed by atoms with Crippen LogP contribution in [0.15, 0.2) is 24.3 Å². The number of nitrogens with two attached hydrogens (primary N) is 1. The summed E-state index contributed by atoms with van der Waals surface area (Å²) in [6, 6.07) is 6.08. The molecule has 0 aromatic heterocycles. The highest BCUT2D eigenvalue weighted by Crippen LogP contribution is 2.17. The number of carbonyl (C=O) groups is 1. The fraction of sp³-hybridized carbons (Fsp3) is 0.462. The summed E-state index contributed by atoms with van der Waals surface area (Å²) in [6.45, 7) is 3.70. The van der Waals surface area contributed by atoms with E-state index in [1.807, 2.05) is 0 Å². The van der Waals surface area contributed by atoms with Gasteiger partial charge < -0.3 is 15.2 Å². The first-order valence-electron chi connectivity index (χ1n) is 5.81. The SMILES string of the molecule is CCOC(=O)C(C)(N)CCOc1ccccc1F. The van der Waals surface area contributed by atoms with Gasteiger partial charge in [0.05, 0.1) is 13.2 Å². The zero-order valence-corrected chi connectivity index (χ0v) is 10.6. The first-order valence-corrected chi connectivity index (χ1v) is 5.81. The molecule has 0 fully saturated rings. The maximum absolute atomic E-state index is 13.2. The van der Waals surface area contributed by atoms with Crippen molar-refractivity contribution in [3.05, 3.63) is 30.1 Å². The molecule has 4 nitrogen and oxygen atoms in total. The summed E-state index contributed by atoms with van der Waals surface area (Å²) >= 11 is 0. The molecular formula is C13H18FNO3. The van der Waals surface area contributed by atoms with Crippen LogP contribution in [0.5, 0.6) is 5.75 Å². The lowest BCUT2D eigenvalue weighted by Gasteiger charge is -2.22. The summed E-state index contributed by atoms with van der Waals surface area (Å²) in [5, 5.41) is 0. The second-order valence-corrected chi connectivity index (χ2v) is 4.17. The fourth-order valence-electron chi connectivity index (χ4n) is 1.33. The van der Waals surface area contributed by atoms with Crippen LogP contribution in [0.3, 0.4) is 0 Å². The highest BCUT2D eigenvalue weighted by Gasteiger charge is 2.29. The normalized spacial score (nSPS) is 13.8. The molecule has 1 aromatic carbocycles. The molecule has 0 saturated carbocycles. The average molecular weight is 255 g/mol. The van der Waals surface area contributed by atoms with Gasteiger partial charge >= 0.3 is 5.97 Å². The van der Waals surface area contributed by atoms with Gasteiger partial charge in [-0.3, -0.25) is 4.79 Å². The molecule has 0 bridgehead atoms. The molecule has 100 valence electrons. The molecule has 0 aliphatic heterocycles. The number of para-hydroxylation sites is 1. The summed E-state index contributed by atoms with van der Waals surface area (Å²) < 4.78 is 23.3. The van der Waals surface area contributed by atoms with Crippen LogP contribution >= 0.6 is 0 Å². The summed E-state index contributed by atoms with van der Waals surface area (Å²) in [4.78, 5) is 11.5. The Hall–Kier alpha value is -1.62. The maximum atomic E-state index is 13.2. The molecule has 0 aliphatic carbocycles. The second-order valence-electron chi connectivity index (χ2n) is 4.17. The van der Waals surface area contributed by atoms with Crippen LogP contribution in [0.1, 0.15) is 20.3 Å². The topological polar surface area (TPSA) is 61.5 Å². The van der Waals surface area contributed by atoms with Crippen molar-refractivity contribution in [1.82, 2.24) is 0 Å². The minimum Gasteiger partial charge on any atom is -0.490 e. The standard InChI is InChI=1S/C13H18FNO3/c1-3-17-12(16)13(2,15)8-9-18-11-7-5-4-6-10(11)14/h4-7H,3,8-9,15H2,1-2H3. The molecule has 2 N–H and O–H groups in total. The van der Waals surface area contributed by atoms with Gasteiger partial charge in [-0.05, 0) is 26.0 Å². The first kappa shape index (κ1) is 14.4. The lowest BCUT2D eigenvalue weighted by molar-refractivity contribution is -0.149. The zero-order chi connectivity index (χ0) is 13.6. The van der Waals surface area contributed by atoms with Crippen LogP contribution in [0.2, 0.25) is 0 Å². The Bertz CT molecular complexity index is 407. The third kappa shape index (κ3) is 4.00. The molecule has 1 rings (SSSR count). The Morgan fingerprint density at radius 3 is 2.72 bits per heavy atom. The summed E-state index contributed by atoms with van der Waals surface area (Å²) in [5.41, 5.74) is 4.68. The monoisotopic (exact) mass is 255 g/mol. The molecule has 0 aliphatic rings. The lowest BCUT2D eigenvalue weighted by atomic mass is 10.0. The van der Waals surface area contributed by atoms with E-state index in [1.165, 1.54) is 12.1 Å². The van der Waals surface area contributed by atoms with Gasteiger partial charge in [0.2, 0.25) is 0 Å². The molecule has 18 heavy (non-hydrogen) atoms. The van der Waals surface area contributed by atoms with Crippen LogP contribution in [-0.2, 0) is 9.53 Å². The van der Waals surface area contributed by atoms with Gasteiger partial charge in [-0.1, -0.05) is 12.1 Å². The van der Waals surface area contributed by atoms with Gasteiger partial charge in [-0.25, -0.2) is 4.39 Å². The van der Waals surface area contributed by atoms with Crippen molar-refractivity contribution in [2.24, 2.45) is 5.73 Å². The third-order valence-electron chi connectivity index (χ3n) is 2.46. The van der Waals surface area contributed by atoms with E-state index in [0.29, 0.717) is 0 Å². The Morgan fingerprint density at radius 1 is 1.44 bits per heavy atom. The summed E-state index contributed by atoms with van der Waals surface area (Å²) in [7, 11) is 0. The Balaban J connectivity index is 2.46. The second kappa shape index (κ2) is 6.35. The number of ether oxygens (including phenoxy) is 2. The predicted octanol–water partition coefficient (Wildman–Crippen LogP) is 1.88. The van der Waals surface area contributed by atoms with E-state index in [1.54, 1.807) is 26.0 Å². The van der Waals surface area contributed by atoms with Gasteiger partial charge in [-0.2, -0.15) is 0 Å². The van der Waals surface area contributed by atoms with Crippen molar-refractivity contribution in [2.45, 2.75) is 25.8 Å². The summed E-state index contributed by atoms with van der Waals surface area (Å²) in [5.74, 6) is -0.772. The van der Waals surface area contributed by atoms with E-state index in [-0.39, 0.29) is 25.4 Å². The number of hydrogen-bond donors (Lipinski definition) is 1. The maximum Gasteiger partial charge on any atom is 0.325 e. The van der Waals surface area contributed by atoms with Crippen molar-refractivity contribution in [1.29, 1.82) is 0 Å². The molecule has 0 amide bonds. The quantitative estimate of drug-likeness (QED) is 0.788. The van der Waals surface area contributed by atoms with Gasteiger partial charge in [-0.15, -0.1) is 0 Å². The van der Waals surface area contributed by atoms with Gasteiger partial charge in [0.25, 0.3) is 0 Å². The molecule has 0 spiro atoms. The minimum atomic E-state index is -1.12. The van der Waals surface area contributed by atoms with Crippen LogP contribution in [0.4, 0.5) is 4.39 Å². The highest BCUT2D eigenvalue weighted by atomic mass is 19.1. The first-order chi connectivity index (χ1) is 8.47. The van der Waals surface area contributed by atoms with E-state index < -0.39 is 17.3 Å². The van der Waals surface area contributed by atoms with Gasteiger partial charge in [0.1, 0.15) is 5.54 Å². The van der Waals surface area contributed by atoms with Crippen LogP contribution in [-0.4, -0.2) is 24.7 Å². The number of halogens is 1. The molecule has 5 heteroatoms. The predicted molar refractivity (Wildman–Crippen MR) is 65.7 cm³/mol. The van der Waals surface area contributed by atoms with Gasteiger partial charge in [0.15, 0.2) is 11.6 Å². The zero-order valence-electron chi connectivity index (χ0n) is 10.6. The van der Waals surface area contributed by atoms with Crippen molar-refractivity contribution >= 4 is 5.97 Å². The van der Waals surface area contributed by atoms with Crippen molar-refractivity contribution in [3.8, 4) is 5.75 Å². The molecule has 0 saturated heterocycles. The van der Waals surface area contributed by atoms with Crippen LogP contribution < -0.4 is 10.5 Å². The van der Waals surface area contributed by atoms with Gasteiger partial charge in [0, 0.05) is 6.42 Å². The smallest absolute Gasteiger partial charge is 0.325 e. The third-order valence-corrected chi connectivity index (χ3v) is 2.46. The Labute approximate surface area is 106 Å². The number of carbonyl (C=O) groups excluding carboxylic acids is 1. The molecular weight excluding hydrogens is 237 g/mol. The number of esters is 1. The molecule has 0 radical (unpaired) electrons. The fourth-order valence-corrected chi connectivity index (χ4v) is 1.33. The number of rotatable bonds is 6. The largest absolute Gasteiger partial charge is 0.490 e. The Morgan fingerprint density at radius 2 is 2.11 bits per heavy atom. The molecule has 1 aromatic rings. The van der Waals surface area contributed by atoms with Crippen molar-refractivity contribution in [3.63, 3.8) is 0 Å². The van der Waals surface area contributed by atoms with Crippen LogP contribution in [0, 0.1) is 5.82 Å². The van der Waals surface area contributed by atoms with E-state index in [0.717, 1.165) is 0 Å². The number of benzene rings is 1. The summed E-state index contributed by atoms with van der Waals surface area (Å²) in [6.07, 6.45) is 0.250. The average Bonchev–Trinajstić information content (AvgIpc) is 2.32. The van der Waals surface area contributed by atoms with Crippen molar-refractivity contribution in [2.75, 3.05) is 13.2 Å². The van der Waals surface area contributed by atoms with E-state index in [2.05, 4.69) is 0 Å². The van der Waals surface area contributed by atoms with Crippen molar-refractivity contribution < 1.29 is 18.7 Å². The molecule has 1 unspecified atom stereocenters. The lowest BCUT2D eigenvalue weighted by Crippen LogP contribution is -2.47. The Kier molecular flexibility index (Phi) is 5.09. The van der Waals surface area contributed by atoms with Crippen LogP contribution in [0.25, 0.3) is 0 Å². The molecule has 0 heterocycles. The van der Waals surface area contributed by atoms with E-state index in [9.17, 15) is 9.18 Å². The van der Waals surface area contributed by atoms with E-state index >= 15 is 0 Å².